The zero-order chi connectivity index (χ0) is 13.8. The van der Waals surface area contributed by atoms with Crippen LogP contribution in [0.4, 0.5) is 0 Å². The summed E-state index contributed by atoms with van der Waals surface area (Å²) in [6, 6.07) is 0. The van der Waals surface area contributed by atoms with Crippen LogP contribution in [0.5, 0.6) is 0 Å². The summed E-state index contributed by atoms with van der Waals surface area (Å²) in [5.74, 6) is -1.50. The Bertz CT molecular complexity index is 533. The minimum absolute atomic E-state index is 0.110. The minimum Gasteiger partial charge on any atom is -0.481 e. The summed E-state index contributed by atoms with van der Waals surface area (Å²) < 4.78 is 5.93. The summed E-state index contributed by atoms with van der Waals surface area (Å²) in [5, 5.41) is 14.9. The SMILES string of the molecule is O=C(O)CCC(=O)NC1CCCCc2noc(=O)n21. The molecule has 1 aromatic rings. The first kappa shape index (κ1) is 13.3. The number of nitrogens with one attached hydrogen (secondary N) is 1. The van der Waals surface area contributed by atoms with Crippen molar-refractivity contribution in [3.05, 3.63) is 16.4 Å². The van der Waals surface area contributed by atoms with Crippen LogP contribution in [-0.4, -0.2) is 26.7 Å². The number of aromatic nitrogens is 2. The van der Waals surface area contributed by atoms with E-state index in [-0.39, 0.29) is 12.8 Å². The summed E-state index contributed by atoms with van der Waals surface area (Å²) in [4.78, 5) is 33.6. The molecule has 0 saturated carbocycles. The van der Waals surface area contributed by atoms with Crippen molar-refractivity contribution in [2.24, 2.45) is 0 Å². The maximum atomic E-state index is 11.6. The van der Waals surface area contributed by atoms with Crippen LogP contribution in [0.1, 0.15) is 44.1 Å². The average molecular weight is 269 g/mol. The molecule has 2 N–H and O–H groups in total. The van der Waals surface area contributed by atoms with Gasteiger partial charge in [0.2, 0.25) is 5.91 Å². The van der Waals surface area contributed by atoms with Crippen LogP contribution in [-0.2, 0) is 16.0 Å². The third-order valence-corrected chi connectivity index (χ3v) is 3.04. The van der Waals surface area contributed by atoms with Gasteiger partial charge in [0, 0.05) is 12.8 Å². The zero-order valence-electron chi connectivity index (χ0n) is 10.3. The van der Waals surface area contributed by atoms with Crippen molar-refractivity contribution in [2.75, 3.05) is 0 Å². The number of rotatable bonds is 4. The monoisotopic (exact) mass is 269 g/mol. The van der Waals surface area contributed by atoms with Crippen LogP contribution in [0.15, 0.2) is 9.32 Å². The van der Waals surface area contributed by atoms with Crippen LogP contribution in [0.2, 0.25) is 0 Å². The number of carboxylic acids is 1. The normalized spacial score (nSPS) is 18.4. The van der Waals surface area contributed by atoms with Crippen LogP contribution in [0, 0.1) is 0 Å². The Hall–Kier alpha value is -2.12. The molecule has 2 heterocycles. The van der Waals surface area contributed by atoms with Gasteiger partial charge >= 0.3 is 11.7 Å². The molecular weight excluding hydrogens is 254 g/mol. The molecule has 0 radical (unpaired) electrons. The van der Waals surface area contributed by atoms with Gasteiger partial charge in [-0.05, 0) is 19.3 Å². The molecule has 0 aromatic carbocycles. The lowest BCUT2D eigenvalue weighted by Crippen LogP contribution is -2.36. The molecule has 1 aliphatic rings. The maximum Gasteiger partial charge on any atom is 0.443 e. The van der Waals surface area contributed by atoms with Gasteiger partial charge in [-0.2, -0.15) is 0 Å². The van der Waals surface area contributed by atoms with Gasteiger partial charge in [0.1, 0.15) is 6.17 Å². The Morgan fingerprint density at radius 2 is 2.21 bits per heavy atom. The number of carbonyl (C=O) groups excluding carboxylic acids is 1. The van der Waals surface area contributed by atoms with E-state index in [0.29, 0.717) is 18.7 Å². The van der Waals surface area contributed by atoms with E-state index >= 15 is 0 Å². The molecule has 0 saturated heterocycles. The van der Waals surface area contributed by atoms with Crippen LogP contribution >= 0.6 is 0 Å². The molecule has 2 rings (SSSR count). The quantitative estimate of drug-likeness (QED) is 0.797. The minimum atomic E-state index is -1.03. The fourth-order valence-electron chi connectivity index (χ4n) is 2.12. The van der Waals surface area contributed by atoms with Gasteiger partial charge < -0.3 is 10.4 Å². The number of amides is 1. The van der Waals surface area contributed by atoms with Crippen molar-refractivity contribution in [3.63, 3.8) is 0 Å². The van der Waals surface area contributed by atoms with E-state index in [1.54, 1.807) is 0 Å². The lowest BCUT2D eigenvalue weighted by atomic mass is 10.2. The van der Waals surface area contributed by atoms with Gasteiger partial charge in [0.15, 0.2) is 5.82 Å². The molecule has 1 unspecified atom stereocenters. The van der Waals surface area contributed by atoms with E-state index in [1.165, 1.54) is 4.57 Å². The van der Waals surface area contributed by atoms with E-state index in [2.05, 4.69) is 15.0 Å². The van der Waals surface area contributed by atoms with Gasteiger partial charge in [0.05, 0.1) is 6.42 Å². The molecule has 104 valence electrons. The fraction of sp³-hybridized carbons (Fsp3) is 0.636. The molecule has 1 aliphatic heterocycles. The molecule has 0 bridgehead atoms. The van der Waals surface area contributed by atoms with Gasteiger partial charge in [-0.3, -0.25) is 14.1 Å². The molecule has 1 atom stereocenters. The number of aliphatic carboxylic acids is 1. The smallest absolute Gasteiger partial charge is 0.443 e. The number of carboxylic acid groups (broad SMARTS) is 1. The van der Waals surface area contributed by atoms with Crippen LogP contribution < -0.4 is 11.1 Å². The highest BCUT2D eigenvalue weighted by molar-refractivity contribution is 5.80. The first-order valence-electron chi connectivity index (χ1n) is 6.16. The molecule has 1 aromatic heterocycles. The number of fused-ring (bicyclic) bond motifs is 1. The van der Waals surface area contributed by atoms with Crippen molar-refractivity contribution < 1.29 is 19.2 Å². The van der Waals surface area contributed by atoms with E-state index in [1.807, 2.05) is 0 Å². The predicted octanol–water partition coefficient (Wildman–Crippen LogP) is 0.0423. The summed E-state index contributed by atoms with van der Waals surface area (Å²) in [5.41, 5.74) is 0. The fourth-order valence-corrected chi connectivity index (χ4v) is 2.12. The lowest BCUT2D eigenvalue weighted by Gasteiger charge is -2.17. The Morgan fingerprint density at radius 3 is 2.95 bits per heavy atom. The Kier molecular flexibility index (Phi) is 3.98. The topological polar surface area (TPSA) is 114 Å². The van der Waals surface area contributed by atoms with Crippen molar-refractivity contribution in [1.29, 1.82) is 0 Å². The van der Waals surface area contributed by atoms with Gasteiger partial charge in [-0.15, -0.1) is 0 Å². The Labute approximate surface area is 108 Å². The number of nitrogens with zero attached hydrogens (tertiary/aromatic N) is 2. The number of aryl methyl sites for hydroxylation is 1. The second kappa shape index (κ2) is 5.68. The summed E-state index contributed by atoms with van der Waals surface area (Å²) >= 11 is 0. The first-order valence-corrected chi connectivity index (χ1v) is 6.16. The van der Waals surface area contributed by atoms with E-state index in [9.17, 15) is 14.4 Å². The molecule has 19 heavy (non-hydrogen) atoms. The molecule has 0 fully saturated rings. The molecule has 8 nitrogen and oxygen atoms in total. The van der Waals surface area contributed by atoms with Crippen molar-refractivity contribution >= 4 is 11.9 Å². The number of hydrogen-bond donors (Lipinski definition) is 2. The predicted molar refractivity (Wildman–Crippen MR) is 62.4 cm³/mol. The van der Waals surface area contributed by atoms with Crippen LogP contribution in [0.25, 0.3) is 0 Å². The molecule has 0 spiro atoms. The van der Waals surface area contributed by atoms with Crippen molar-refractivity contribution in [3.8, 4) is 0 Å². The maximum absolute atomic E-state index is 11.6. The number of hydrogen-bond acceptors (Lipinski definition) is 5. The highest BCUT2D eigenvalue weighted by Gasteiger charge is 2.24. The molecule has 8 heteroatoms. The molecule has 0 aliphatic carbocycles. The standard InChI is InChI=1S/C11H15N3O5/c15-9(5-6-10(16)17)12-7-3-1-2-4-8-13-19-11(18)14(7)8/h7H,1-6H2,(H,12,15)(H,16,17). The van der Waals surface area contributed by atoms with E-state index in [0.717, 1.165) is 12.8 Å². The Morgan fingerprint density at radius 1 is 1.42 bits per heavy atom. The van der Waals surface area contributed by atoms with E-state index in [4.69, 9.17) is 5.11 Å². The largest absolute Gasteiger partial charge is 0.481 e. The average Bonchev–Trinajstić information content (AvgIpc) is 2.60. The molecular formula is C11H15N3O5. The number of carbonyl (C=O) groups is 2. The van der Waals surface area contributed by atoms with Gasteiger partial charge in [-0.1, -0.05) is 5.16 Å². The second-order valence-corrected chi connectivity index (χ2v) is 4.46. The second-order valence-electron chi connectivity index (χ2n) is 4.46. The third-order valence-electron chi connectivity index (χ3n) is 3.04. The first-order chi connectivity index (χ1) is 9.08. The highest BCUT2D eigenvalue weighted by atomic mass is 16.5. The van der Waals surface area contributed by atoms with Crippen LogP contribution in [0.3, 0.4) is 0 Å². The zero-order valence-corrected chi connectivity index (χ0v) is 10.3. The van der Waals surface area contributed by atoms with Gasteiger partial charge in [-0.25, -0.2) is 9.36 Å². The van der Waals surface area contributed by atoms with Crippen molar-refractivity contribution in [1.82, 2.24) is 15.0 Å². The van der Waals surface area contributed by atoms with Gasteiger partial charge in [0.25, 0.3) is 0 Å². The summed E-state index contributed by atoms with van der Waals surface area (Å²) in [6.45, 7) is 0. The summed E-state index contributed by atoms with van der Waals surface area (Å²) in [7, 11) is 0. The van der Waals surface area contributed by atoms with Crippen molar-refractivity contribution in [2.45, 2.75) is 44.7 Å². The lowest BCUT2D eigenvalue weighted by molar-refractivity contribution is -0.139. The summed E-state index contributed by atoms with van der Waals surface area (Å²) in [6.07, 6.45) is 2.11. The molecule has 1 amide bonds. The van der Waals surface area contributed by atoms with E-state index < -0.39 is 23.8 Å². The Balaban J connectivity index is 2.07. The third kappa shape index (κ3) is 3.21. The highest BCUT2D eigenvalue weighted by Crippen LogP contribution is 2.19.